The second kappa shape index (κ2) is 11.0. The van der Waals surface area contributed by atoms with E-state index < -0.39 is 0 Å². The molecule has 0 spiro atoms. The molecular weight excluding hydrogens is 473 g/mol. The summed E-state index contributed by atoms with van der Waals surface area (Å²) in [6.07, 6.45) is 0. The van der Waals surface area contributed by atoms with Gasteiger partial charge in [-0.2, -0.15) is 0 Å². The summed E-state index contributed by atoms with van der Waals surface area (Å²) in [5.74, 6) is 1.09. The van der Waals surface area contributed by atoms with E-state index in [2.05, 4.69) is 22.3 Å². The number of thioether (sulfide) groups is 1. The molecule has 7 heteroatoms. The van der Waals surface area contributed by atoms with E-state index in [-0.39, 0.29) is 24.0 Å². The lowest BCUT2D eigenvalue weighted by atomic mass is 10.1. The molecule has 0 atom stereocenters. The Hall–Kier alpha value is -4.23. The van der Waals surface area contributed by atoms with E-state index in [9.17, 15) is 9.18 Å². The molecule has 0 unspecified atom stereocenters. The van der Waals surface area contributed by atoms with Crippen LogP contribution in [0.15, 0.2) is 114 Å². The second-order valence-electron chi connectivity index (χ2n) is 7.97. The highest BCUT2D eigenvalue weighted by Gasteiger charge is 2.17. The van der Waals surface area contributed by atoms with E-state index in [1.165, 1.54) is 23.9 Å². The van der Waals surface area contributed by atoms with Gasteiger partial charge in [0.15, 0.2) is 16.8 Å². The third-order valence-electron chi connectivity index (χ3n) is 5.54. The van der Waals surface area contributed by atoms with Crippen LogP contribution in [0.1, 0.15) is 16.2 Å². The highest BCUT2D eigenvalue weighted by Crippen LogP contribution is 2.26. The summed E-state index contributed by atoms with van der Waals surface area (Å²) in [5.41, 5.74) is 3.56. The summed E-state index contributed by atoms with van der Waals surface area (Å²) in [4.78, 5) is 12.6. The minimum Gasteiger partial charge on any atom is -0.486 e. The van der Waals surface area contributed by atoms with E-state index in [0.717, 1.165) is 11.1 Å². The highest BCUT2D eigenvalue weighted by atomic mass is 32.2. The van der Waals surface area contributed by atoms with Crippen LogP contribution in [0.5, 0.6) is 5.75 Å². The normalized spacial score (nSPS) is 10.8. The van der Waals surface area contributed by atoms with E-state index in [4.69, 9.17) is 4.74 Å². The van der Waals surface area contributed by atoms with Crippen LogP contribution in [0.25, 0.3) is 16.8 Å². The molecule has 1 heterocycles. The molecule has 0 N–H and O–H groups in total. The molecule has 0 fully saturated rings. The van der Waals surface area contributed by atoms with Crippen LogP contribution in [0, 0.1) is 5.82 Å². The standard InChI is InChI=1S/C29H22FN3O2S/c30-24-13-15-25(16-14-24)33-28(31-32-29(33)36-20-27(34)23-9-5-2-6-10-23)19-35-26-17-11-22(12-18-26)21-7-3-1-4-8-21/h1-18H,19-20H2. The van der Waals surface area contributed by atoms with Crippen LogP contribution in [-0.2, 0) is 6.61 Å². The molecule has 178 valence electrons. The van der Waals surface area contributed by atoms with Crippen molar-refractivity contribution < 1.29 is 13.9 Å². The lowest BCUT2D eigenvalue weighted by Crippen LogP contribution is -2.08. The topological polar surface area (TPSA) is 57.0 Å². The molecule has 0 aliphatic carbocycles. The van der Waals surface area contributed by atoms with Crippen molar-refractivity contribution in [2.45, 2.75) is 11.8 Å². The molecule has 0 saturated carbocycles. The van der Waals surface area contributed by atoms with Crippen LogP contribution >= 0.6 is 11.8 Å². The zero-order valence-electron chi connectivity index (χ0n) is 19.3. The first-order valence-electron chi connectivity index (χ1n) is 11.4. The van der Waals surface area contributed by atoms with Crippen molar-refractivity contribution in [2.75, 3.05) is 5.75 Å². The molecule has 4 aromatic carbocycles. The molecule has 0 aliphatic rings. The summed E-state index contributed by atoms with van der Waals surface area (Å²) in [5, 5.41) is 9.14. The van der Waals surface area contributed by atoms with Crippen molar-refractivity contribution in [3.8, 4) is 22.6 Å². The van der Waals surface area contributed by atoms with E-state index in [1.807, 2.05) is 60.7 Å². The van der Waals surface area contributed by atoms with Crippen molar-refractivity contribution >= 4 is 17.5 Å². The Morgan fingerprint density at radius 3 is 2.11 bits per heavy atom. The monoisotopic (exact) mass is 495 g/mol. The number of halogens is 1. The fourth-order valence-electron chi connectivity index (χ4n) is 3.70. The maximum absolute atomic E-state index is 13.6. The first-order chi connectivity index (χ1) is 17.7. The van der Waals surface area contributed by atoms with Gasteiger partial charge in [-0.1, -0.05) is 84.6 Å². The Balaban J connectivity index is 1.34. The Morgan fingerprint density at radius 2 is 1.42 bits per heavy atom. The van der Waals surface area contributed by atoms with Gasteiger partial charge in [0.1, 0.15) is 18.2 Å². The number of ether oxygens (including phenoxy) is 1. The summed E-state index contributed by atoms with van der Waals surface area (Å²) in [6.45, 7) is 0.155. The average molecular weight is 496 g/mol. The molecule has 36 heavy (non-hydrogen) atoms. The minimum absolute atomic E-state index is 0.00874. The van der Waals surface area contributed by atoms with Crippen LogP contribution in [0.2, 0.25) is 0 Å². The van der Waals surface area contributed by atoms with Gasteiger partial charge < -0.3 is 4.74 Å². The van der Waals surface area contributed by atoms with E-state index >= 15 is 0 Å². The average Bonchev–Trinajstić information content (AvgIpc) is 3.35. The Kier molecular flexibility index (Phi) is 7.19. The largest absolute Gasteiger partial charge is 0.486 e. The summed E-state index contributed by atoms with van der Waals surface area (Å²) in [7, 11) is 0. The highest BCUT2D eigenvalue weighted by molar-refractivity contribution is 7.99. The molecule has 0 saturated heterocycles. The number of benzene rings is 4. The molecular formula is C29H22FN3O2S. The molecule has 0 aliphatic heterocycles. The van der Waals surface area contributed by atoms with Crippen LogP contribution in [0.4, 0.5) is 4.39 Å². The van der Waals surface area contributed by atoms with Gasteiger partial charge in [-0.3, -0.25) is 9.36 Å². The van der Waals surface area contributed by atoms with Gasteiger partial charge in [-0.25, -0.2) is 4.39 Å². The SMILES string of the molecule is O=C(CSc1nnc(COc2ccc(-c3ccccc3)cc2)n1-c1ccc(F)cc1)c1ccccc1. The summed E-state index contributed by atoms with van der Waals surface area (Å²) in [6, 6.07) is 33.1. The van der Waals surface area contributed by atoms with Crippen LogP contribution < -0.4 is 4.74 Å². The number of ketones is 1. The number of hydrogen-bond acceptors (Lipinski definition) is 5. The number of carbonyl (C=O) groups excluding carboxylic acids is 1. The number of carbonyl (C=O) groups is 1. The lowest BCUT2D eigenvalue weighted by Gasteiger charge is -2.11. The molecule has 5 aromatic rings. The van der Waals surface area contributed by atoms with Crippen LogP contribution in [-0.4, -0.2) is 26.3 Å². The van der Waals surface area contributed by atoms with Gasteiger partial charge in [0.05, 0.1) is 5.75 Å². The molecule has 0 radical (unpaired) electrons. The third-order valence-corrected chi connectivity index (χ3v) is 6.47. The first kappa shape index (κ1) is 23.5. The predicted octanol–water partition coefficient (Wildman–Crippen LogP) is 6.63. The molecule has 1 aromatic heterocycles. The predicted molar refractivity (Wildman–Crippen MR) is 139 cm³/mol. The fourth-order valence-corrected chi connectivity index (χ4v) is 4.56. The molecule has 0 amide bonds. The molecule has 0 bridgehead atoms. The van der Waals surface area contributed by atoms with Gasteiger partial charge in [0.2, 0.25) is 0 Å². The maximum atomic E-state index is 13.6. The Bertz CT molecular complexity index is 1440. The maximum Gasteiger partial charge on any atom is 0.196 e. The zero-order chi connectivity index (χ0) is 24.7. The molecule has 5 nitrogen and oxygen atoms in total. The fraction of sp³-hybridized carbons (Fsp3) is 0.0690. The summed E-state index contributed by atoms with van der Waals surface area (Å²) < 4.78 is 21.4. The van der Waals surface area contributed by atoms with Crippen molar-refractivity contribution in [3.05, 3.63) is 126 Å². The Labute approximate surface area is 212 Å². The van der Waals surface area contributed by atoms with Crippen molar-refractivity contribution in [3.63, 3.8) is 0 Å². The van der Waals surface area contributed by atoms with Gasteiger partial charge in [-0.05, 0) is 47.5 Å². The number of hydrogen-bond donors (Lipinski definition) is 0. The van der Waals surface area contributed by atoms with E-state index in [0.29, 0.717) is 28.0 Å². The summed E-state index contributed by atoms with van der Waals surface area (Å²) >= 11 is 1.28. The minimum atomic E-state index is -0.336. The van der Waals surface area contributed by atoms with Gasteiger partial charge in [0, 0.05) is 11.3 Å². The van der Waals surface area contributed by atoms with Gasteiger partial charge in [0.25, 0.3) is 0 Å². The number of nitrogens with zero attached hydrogens (tertiary/aromatic N) is 3. The first-order valence-corrected chi connectivity index (χ1v) is 12.4. The zero-order valence-corrected chi connectivity index (χ0v) is 20.1. The quantitative estimate of drug-likeness (QED) is 0.170. The third kappa shape index (κ3) is 5.53. The number of Topliss-reactive ketones (excluding diaryl/α,β-unsaturated/α-hetero) is 1. The second-order valence-corrected chi connectivity index (χ2v) is 8.91. The van der Waals surface area contributed by atoms with Crippen LogP contribution in [0.3, 0.4) is 0 Å². The van der Waals surface area contributed by atoms with Gasteiger partial charge >= 0.3 is 0 Å². The molecule has 5 rings (SSSR count). The Morgan fingerprint density at radius 1 is 0.778 bits per heavy atom. The van der Waals surface area contributed by atoms with Crippen molar-refractivity contribution in [1.29, 1.82) is 0 Å². The number of aromatic nitrogens is 3. The van der Waals surface area contributed by atoms with Crippen molar-refractivity contribution in [1.82, 2.24) is 14.8 Å². The lowest BCUT2D eigenvalue weighted by molar-refractivity contribution is 0.102. The van der Waals surface area contributed by atoms with Gasteiger partial charge in [-0.15, -0.1) is 10.2 Å². The smallest absolute Gasteiger partial charge is 0.196 e. The number of rotatable bonds is 9. The van der Waals surface area contributed by atoms with Crippen molar-refractivity contribution in [2.24, 2.45) is 0 Å². The van der Waals surface area contributed by atoms with E-state index in [1.54, 1.807) is 28.8 Å².